The van der Waals surface area contributed by atoms with Crippen molar-refractivity contribution in [1.29, 1.82) is 0 Å². The number of likely N-dealkylation sites (N-methyl/N-ethyl adjacent to an activating group) is 2. The predicted octanol–water partition coefficient (Wildman–Crippen LogP) is 3.08. The Bertz CT molecular complexity index is 413. The molecule has 1 aromatic rings. The molecule has 0 aromatic heterocycles. The Morgan fingerprint density at radius 3 is 2.21 bits per heavy atom. The Morgan fingerprint density at radius 1 is 1.16 bits per heavy atom. The summed E-state index contributed by atoms with van der Waals surface area (Å²) >= 11 is 0. The van der Waals surface area contributed by atoms with Gasteiger partial charge in [-0.3, -0.25) is 0 Å². The second kappa shape index (κ2) is 6.40. The highest BCUT2D eigenvalue weighted by atomic mass is 16.5. The molecule has 2 N–H and O–H groups in total. The second-order valence-electron chi connectivity index (χ2n) is 5.85. The lowest BCUT2D eigenvalue weighted by molar-refractivity contribution is 0.300. The molecule has 108 valence electrons. The van der Waals surface area contributed by atoms with Crippen LogP contribution < -0.4 is 15.4 Å². The molecule has 1 unspecified atom stereocenters. The normalized spacial score (nSPS) is 13.7. The summed E-state index contributed by atoms with van der Waals surface area (Å²) in [5.74, 6) is 1.45. The van der Waals surface area contributed by atoms with E-state index in [1.807, 2.05) is 14.1 Å². The third kappa shape index (κ3) is 3.48. The molecule has 0 saturated carbocycles. The van der Waals surface area contributed by atoms with Gasteiger partial charge in [0.2, 0.25) is 0 Å². The molecular weight excluding hydrogens is 236 g/mol. The van der Waals surface area contributed by atoms with Crippen LogP contribution in [0, 0.1) is 0 Å². The van der Waals surface area contributed by atoms with Crippen molar-refractivity contribution < 1.29 is 4.74 Å². The zero-order chi connectivity index (χ0) is 14.6. The van der Waals surface area contributed by atoms with Crippen LogP contribution in [0.3, 0.4) is 0 Å². The van der Waals surface area contributed by atoms with Crippen LogP contribution in [-0.2, 0) is 0 Å². The van der Waals surface area contributed by atoms with Gasteiger partial charge in [-0.2, -0.15) is 0 Å². The van der Waals surface area contributed by atoms with Crippen molar-refractivity contribution in [1.82, 2.24) is 10.6 Å². The summed E-state index contributed by atoms with van der Waals surface area (Å²) < 4.78 is 5.53. The van der Waals surface area contributed by atoms with E-state index in [1.165, 1.54) is 11.1 Å². The average Bonchev–Trinajstić information content (AvgIpc) is 2.39. The molecule has 0 saturated heterocycles. The van der Waals surface area contributed by atoms with Crippen molar-refractivity contribution in [3.8, 4) is 5.75 Å². The van der Waals surface area contributed by atoms with E-state index < -0.39 is 0 Å². The minimum atomic E-state index is -0.0579. The van der Waals surface area contributed by atoms with Crippen molar-refractivity contribution in [2.45, 2.75) is 45.2 Å². The fraction of sp³-hybridized carbons (Fsp3) is 0.625. The number of benzene rings is 1. The van der Waals surface area contributed by atoms with Crippen molar-refractivity contribution >= 4 is 0 Å². The molecule has 0 radical (unpaired) electrons. The highest BCUT2D eigenvalue weighted by Crippen LogP contribution is 2.34. The van der Waals surface area contributed by atoms with E-state index in [4.69, 9.17) is 4.74 Å². The summed E-state index contributed by atoms with van der Waals surface area (Å²) in [6.07, 6.45) is 0. The Morgan fingerprint density at radius 2 is 1.79 bits per heavy atom. The van der Waals surface area contributed by atoms with Gasteiger partial charge in [-0.1, -0.05) is 26.0 Å². The van der Waals surface area contributed by atoms with Crippen LogP contribution in [0.15, 0.2) is 18.2 Å². The van der Waals surface area contributed by atoms with Crippen LogP contribution in [0.5, 0.6) is 5.75 Å². The summed E-state index contributed by atoms with van der Waals surface area (Å²) in [6.45, 7) is 8.80. The Hall–Kier alpha value is -1.06. The number of nitrogens with one attached hydrogen (secondary N) is 2. The van der Waals surface area contributed by atoms with Gasteiger partial charge in [-0.05, 0) is 45.5 Å². The van der Waals surface area contributed by atoms with Gasteiger partial charge in [0.1, 0.15) is 5.75 Å². The molecule has 1 aromatic carbocycles. The van der Waals surface area contributed by atoms with Gasteiger partial charge >= 0.3 is 0 Å². The van der Waals surface area contributed by atoms with Gasteiger partial charge in [0.15, 0.2) is 0 Å². The Labute approximate surface area is 117 Å². The summed E-state index contributed by atoms with van der Waals surface area (Å²) in [6, 6.07) is 6.66. The van der Waals surface area contributed by atoms with Crippen molar-refractivity contribution in [3.63, 3.8) is 0 Å². The van der Waals surface area contributed by atoms with Crippen LogP contribution in [0.2, 0.25) is 0 Å². The number of rotatable bonds is 6. The first-order valence-electron chi connectivity index (χ1n) is 6.91. The van der Waals surface area contributed by atoms with E-state index in [-0.39, 0.29) is 11.6 Å². The first-order chi connectivity index (χ1) is 8.87. The average molecular weight is 264 g/mol. The van der Waals surface area contributed by atoms with E-state index >= 15 is 0 Å². The summed E-state index contributed by atoms with van der Waals surface area (Å²) in [7, 11) is 5.71. The molecule has 0 bridgehead atoms. The first-order valence-corrected chi connectivity index (χ1v) is 6.91. The third-order valence-corrected chi connectivity index (χ3v) is 3.89. The maximum Gasteiger partial charge on any atom is 0.123 e. The lowest BCUT2D eigenvalue weighted by Gasteiger charge is -2.35. The third-order valence-electron chi connectivity index (χ3n) is 3.89. The second-order valence-corrected chi connectivity index (χ2v) is 5.85. The minimum Gasteiger partial charge on any atom is -0.496 e. The van der Waals surface area contributed by atoms with E-state index in [1.54, 1.807) is 7.11 Å². The molecular formula is C16H28N2O. The van der Waals surface area contributed by atoms with Crippen molar-refractivity contribution in [2.75, 3.05) is 21.2 Å². The molecule has 0 aliphatic heterocycles. The van der Waals surface area contributed by atoms with Crippen LogP contribution >= 0.6 is 0 Å². The molecule has 0 spiro atoms. The Kier molecular flexibility index (Phi) is 5.39. The van der Waals surface area contributed by atoms with Gasteiger partial charge in [0.25, 0.3) is 0 Å². The minimum absolute atomic E-state index is 0.0579. The molecule has 3 heteroatoms. The molecule has 0 fully saturated rings. The maximum absolute atomic E-state index is 5.53. The number of ether oxygens (including phenoxy) is 1. The molecule has 0 amide bonds. The molecule has 0 heterocycles. The van der Waals surface area contributed by atoms with Crippen LogP contribution in [0.25, 0.3) is 0 Å². The smallest absolute Gasteiger partial charge is 0.123 e. The monoisotopic (exact) mass is 264 g/mol. The van der Waals surface area contributed by atoms with Gasteiger partial charge in [0, 0.05) is 11.1 Å². The molecule has 0 aliphatic carbocycles. The molecule has 1 rings (SSSR count). The predicted molar refractivity (Wildman–Crippen MR) is 82.0 cm³/mol. The highest BCUT2D eigenvalue weighted by molar-refractivity contribution is 5.42. The van der Waals surface area contributed by atoms with Crippen LogP contribution in [0.4, 0.5) is 0 Å². The summed E-state index contributed by atoms with van der Waals surface area (Å²) in [4.78, 5) is 0. The summed E-state index contributed by atoms with van der Waals surface area (Å²) in [5, 5.41) is 6.78. The quantitative estimate of drug-likeness (QED) is 0.828. The van der Waals surface area contributed by atoms with E-state index in [9.17, 15) is 0 Å². The number of methoxy groups -OCH3 is 1. The fourth-order valence-corrected chi connectivity index (χ4v) is 2.39. The van der Waals surface area contributed by atoms with Gasteiger partial charge < -0.3 is 15.4 Å². The SMILES string of the molecule is CNC(c1cc(C(C)C)ccc1OC)C(C)(C)NC. The maximum atomic E-state index is 5.53. The number of hydrogen-bond acceptors (Lipinski definition) is 3. The van der Waals surface area contributed by atoms with Gasteiger partial charge in [0.05, 0.1) is 13.2 Å². The van der Waals surface area contributed by atoms with Crippen molar-refractivity contribution in [2.24, 2.45) is 0 Å². The Balaban J connectivity index is 3.31. The lowest BCUT2D eigenvalue weighted by atomic mass is 9.86. The molecule has 19 heavy (non-hydrogen) atoms. The van der Waals surface area contributed by atoms with Crippen molar-refractivity contribution in [3.05, 3.63) is 29.3 Å². The molecule has 1 atom stereocenters. The summed E-state index contributed by atoms with van der Waals surface area (Å²) in [5.41, 5.74) is 2.48. The van der Waals surface area contributed by atoms with E-state index in [0.717, 1.165) is 5.75 Å². The fourth-order valence-electron chi connectivity index (χ4n) is 2.39. The zero-order valence-corrected chi connectivity index (χ0v) is 13.3. The zero-order valence-electron chi connectivity index (χ0n) is 13.3. The number of hydrogen-bond donors (Lipinski definition) is 2. The lowest BCUT2D eigenvalue weighted by Crippen LogP contribution is -2.47. The first kappa shape index (κ1) is 16.0. The van der Waals surface area contributed by atoms with E-state index in [2.05, 4.69) is 56.5 Å². The highest BCUT2D eigenvalue weighted by Gasteiger charge is 2.30. The largest absolute Gasteiger partial charge is 0.496 e. The van der Waals surface area contributed by atoms with Crippen LogP contribution in [0.1, 0.15) is 50.8 Å². The van der Waals surface area contributed by atoms with Gasteiger partial charge in [-0.15, -0.1) is 0 Å². The van der Waals surface area contributed by atoms with E-state index in [0.29, 0.717) is 5.92 Å². The standard InChI is InChI=1S/C16H28N2O/c1-11(2)12-8-9-14(19-7)13(10-12)15(17-5)16(3,4)18-6/h8-11,15,17-18H,1-7H3. The molecule has 0 aliphatic rings. The topological polar surface area (TPSA) is 33.3 Å². The van der Waals surface area contributed by atoms with Gasteiger partial charge in [-0.25, -0.2) is 0 Å². The van der Waals surface area contributed by atoms with Crippen LogP contribution in [-0.4, -0.2) is 26.7 Å². The molecule has 3 nitrogen and oxygen atoms in total.